The summed E-state index contributed by atoms with van der Waals surface area (Å²) in [5.74, 6) is -0.0800. The molecule has 0 N–H and O–H groups in total. The van der Waals surface area contributed by atoms with Crippen LogP contribution >= 0.6 is 0 Å². The summed E-state index contributed by atoms with van der Waals surface area (Å²) in [6.07, 6.45) is 0.683. The molecule has 0 saturated carbocycles. The highest BCUT2D eigenvalue weighted by Gasteiger charge is 2.47. The first-order chi connectivity index (χ1) is 14.8. The van der Waals surface area contributed by atoms with Crippen molar-refractivity contribution >= 4 is 16.1 Å². The Bertz CT molecular complexity index is 1260. The number of aromatic nitrogens is 1. The van der Waals surface area contributed by atoms with Crippen LogP contribution in [0.5, 0.6) is 5.75 Å². The van der Waals surface area contributed by atoms with Crippen molar-refractivity contribution in [1.29, 1.82) is 5.26 Å². The van der Waals surface area contributed by atoms with E-state index in [9.17, 15) is 23.3 Å². The number of hydrogen-bond donors (Lipinski definition) is 0. The molecule has 3 atom stereocenters. The van der Waals surface area contributed by atoms with E-state index in [2.05, 4.69) is 6.07 Å². The van der Waals surface area contributed by atoms with E-state index < -0.39 is 45.5 Å². The van der Waals surface area contributed by atoms with Gasteiger partial charge in [0.05, 0.1) is 24.0 Å². The SMILES string of the molecule is CC(=O)O[C@H]1[C@H](n2ccc(C(C)OS(C)(=O)=O)cc2=O)c2cc(C#N)ccc2OC1(C)C. The monoisotopic (exact) mass is 460 g/mol. The van der Waals surface area contributed by atoms with Gasteiger partial charge < -0.3 is 14.0 Å². The highest BCUT2D eigenvalue weighted by molar-refractivity contribution is 7.86. The van der Waals surface area contributed by atoms with E-state index in [0.717, 1.165) is 6.26 Å². The second kappa shape index (κ2) is 8.41. The van der Waals surface area contributed by atoms with Gasteiger partial charge in [-0.1, -0.05) is 0 Å². The van der Waals surface area contributed by atoms with E-state index in [4.69, 9.17) is 13.7 Å². The lowest BCUT2D eigenvalue weighted by molar-refractivity contribution is -0.163. The van der Waals surface area contributed by atoms with E-state index >= 15 is 0 Å². The lowest BCUT2D eigenvalue weighted by Crippen LogP contribution is -2.54. The predicted octanol–water partition coefficient (Wildman–Crippen LogP) is 2.45. The van der Waals surface area contributed by atoms with Crippen LogP contribution in [0.15, 0.2) is 41.3 Å². The van der Waals surface area contributed by atoms with Crippen LogP contribution in [0, 0.1) is 11.3 Å². The molecule has 3 rings (SSSR count). The van der Waals surface area contributed by atoms with Gasteiger partial charge in [-0.2, -0.15) is 13.7 Å². The molecule has 32 heavy (non-hydrogen) atoms. The first-order valence-electron chi connectivity index (χ1n) is 9.83. The molecule has 0 fully saturated rings. The maximum absolute atomic E-state index is 13.1. The van der Waals surface area contributed by atoms with Crippen molar-refractivity contribution in [2.24, 2.45) is 0 Å². The Hall–Kier alpha value is -3.16. The van der Waals surface area contributed by atoms with Gasteiger partial charge in [0.2, 0.25) is 0 Å². The number of pyridine rings is 1. The lowest BCUT2D eigenvalue weighted by Gasteiger charge is -2.44. The standard InChI is InChI=1S/C22H24N2O7S/c1-13(31-32(5,27)28)16-8-9-24(19(26)11-16)20-17-10-15(12-23)6-7-18(17)30-22(3,4)21(20)29-14(2)25/h6-11,13,20-21H,1-5H3/t13?,20-,21+/m1/s1. The van der Waals surface area contributed by atoms with E-state index in [0.29, 0.717) is 22.4 Å². The molecule has 2 heterocycles. The van der Waals surface area contributed by atoms with Crippen LogP contribution in [0.1, 0.15) is 56.5 Å². The number of nitrogens with zero attached hydrogens (tertiary/aromatic N) is 2. The molecule has 1 unspecified atom stereocenters. The molecule has 1 aromatic carbocycles. The van der Waals surface area contributed by atoms with Crippen LogP contribution in [0.3, 0.4) is 0 Å². The van der Waals surface area contributed by atoms with Crippen molar-refractivity contribution in [1.82, 2.24) is 4.57 Å². The number of ether oxygens (including phenoxy) is 2. The summed E-state index contributed by atoms with van der Waals surface area (Å²) < 4.78 is 40.9. The van der Waals surface area contributed by atoms with Gasteiger partial charge in [-0.25, -0.2) is 0 Å². The summed E-state index contributed by atoms with van der Waals surface area (Å²) in [5, 5.41) is 9.35. The number of fused-ring (bicyclic) bond motifs is 1. The topological polar surface area (TPSA) is 125 Å². The van der Waals surface area contributed by atoms with Crippen LogP contribution in [-0.4, -0.2) is 36.9 Å². The van der Waals surface area contributed by atoms with Crippen LogP contribution in [0.2, 0.25) is 0 Å². The summed E-state index contributed by atoms with van der Waals surface area (Å²) in [6.45, 7) is 6.28. The minimum Gasteiger partial charge on any atom is -0.484 e. The molecular formula is C22H24N2O7S. The van der Waals surface area contributed by atoms with E-state index in [1.54, 1.807) is 38.1 Å². The minimum absolute atomic E-state index is 0.360. The summed E-state index contributed by atoms with van der Waals surface area (Å²) >= 11 is 0. The van der Waals surface area contributed by atoms with Gasteiger partial charge in [0, 0.05) is 24.8 Å². The van der Waals surface area contributed by atoms with E-state index in [-0.39, 0.29) is 0 Å². The van der Waals surface area contributed by atoms with Crippen molar-refractivity contribution in [3.63, 3.8) is 0 Å². The maximum Gasteiger partial charge on any atom is 0.303 e. The third kappa shape index (κ3) is 4.84. The third-order valence-corrected chi connectivity index (χ3v) is 5.79. The first-order valence-corrected chi connectivity index (χ1v) is 11.6. The third-order valence-electron chi connectivity index (χ3n) is 5.16. The summed E-state index contributed by atoms with van der Waals surface area (Å²) in [7, 11) is -3.71. The molecule has 0 aliphatic carbocycles. The van der Waals surface area contributed by atoms with Crippen molar-refractivity contribution in [2.45, 2.75) is 51.5 Å². The highest BCUT2D eigenvalue weighted by atomic mass is 32.2. The molecule has 1 aromatic heterocycles. The first kappa shape index (κ1) is 23.5. The summed E-state index contributed by atoms with van der Waals surface area (Å²) in [6, 6.07) is 8.98. The van der Waals surface area contributed by atoms with Gasteiger partial charge in [-0.15, -0.1) is 0 Å². The molecular weight excluding hydrogens is 436 g/mol. The average Bonchev–Trinajstić information content (AvgIpc) is 2.67. The molecule has 1 aliphatic heterocycles. The summed E-state index contributed by atoms with van der Waals surface area (Å²) in [4.78, 5) is 25.0. The molecule has 0 bridgehead atoms. The van der Waals surface area contributed by atoms with Crippen molar-refractivity contribution in [3.05, 3.63) is 63.6 Å². The van der Waals surface area contributed by atoms with Crippen LogP contribution in [-0.2, 0) is 23.8 Å². The van der Waals surface area contributed by atoms with Crippen molar-refractivity contribution in [3.8, 4) is 11.8 Å². The van der Waals surface area contributed by atoms with Gasteiger partial charge in [-0.3, -0.25) is 13.8 Å². The molecule has 0 amide bonds. The lowest BCUT2D eigenvalue weighted by atomic mass is 9.85. The van der Waals surface area contributed by atoms with Gasteiger partial charge in [0.25, 0.3) is 15.7 Å². The van der Waals surface area contributed by atoms with Crippen LogP contribution < -0.4 is 10.3 Å². The number of esters is 1. The van der Waals surface area contributed by atoms with E-state index in [1.807, 2.05) is 0 Å². The Labute approximate surface area is 186 Å². The van der Waals surface area contributed by atoms with E-state index in [1.165, 1.54) is 30.7 Å². The smallest absolute Gasteiger partial charge is 0.303 e. The zero-order valence-corrected chi connectivity index (χ0v) is 19.2. The normalized spacial score (nSPS) is 20.4. The number of rotatable bonds is 5. The van der Waals surface area contributed by atoms with Crippen LogP contribution in [0.4, 0.5) is 0 Å². The van der Waals surface area contributed by atoms with Gasteiger partial charge in [0.15, 0.2) is 6.10 Å². The molecule has 0 radical (unpaired) electrons. The number of nitriles is 1. The van der Waals surface area contributed by atoms with Gasteiger partial charge >= 0.3 is 5.97 Å². The zero-order valence-electron chi connectivity index (χ0n) is 18.4. The molecule has 1 aliphatic rings. The number of benzene rings is 1. The van der Waals surface area contributed by atoms with Crippen LogP contribution in [0.25, 0.3) is 0 Å². The molecule has 2 aromatic rings. The Kier molecular flexibility index (Phi) is 6.18. The molecule has 0 spiro atoms. The Morgan fingerprint density at radius 3 is 2.53 bits per heavy atom. The quantitative estimate of drug-likeness (QED) is 0.492. The Morgan fingerprint density at radius 1 is 1.28 bits per heavy atom. The fourth-order valence-corrected chi connectivity index (χ4v) is 4.45. The Balaban J connectivity index is 2.17. The number of carbonyl (C=O) groups excluding carboxylic acids is 1. The fourth-order valence-electron chi connectivity index (χ4n) is 3.81. The van der Waals surface area contributed by atoms with Crippen molar-refractivity contribution < 1.29 is 26.9 Å². The summed E-state index contributed by atoms with van der Waals surface area (Å²) in [5.41, 5.74) is -0.191. The largest absolute Gasteiger partial charge is 0.484 e. The van der Waals surface area contributed by atoms with Gasteiger partial charge in [0.1, 0.15) is 17.4 Å². The second-order valence-corrected chi connectivity index (χ2v) is 9.79. The molecule has 0 saturated heterocycles. The van der Waals surface area contributed by atoms with Gasteiger partial charge in [-0.05, 0) is 50.6 Å². The predicted molar refractivity (Wildman–Crippen MR) is 115 cm³/mol. The number of carbonyl (C=O) groups is 1. The molecule has 170 valence electrons. The zero-order chi connectivity index (χ0) is 23.8. The molecule has 10 heteroatoms. The number of hydrogen-bond acceptors (Lipinski definition) is 8. The Morgan fingerprint density at radius 2 is 1.97 bits per heavy atom. The highest BCUT2D eigenvalue weighted by Crippen LogP contribution is 2.43. The minimum atomic E-state index is -3.71. The fraction of sp³-hybridized carbons (Fsp3) is 0.409. The average molecular weight is 461 g/mol. The second-order valence-electron chi connectivity index (χ2n) is 8.19. The molecule has 9 nitrogen and oxygen atoms in total. The van der Waals surface area contributed by atoms with Crippen molar-refractivity contribution in [2.75, 3.05) is 6.26 Å². The maximum atomic E-state index is 13.1.